The van der Waals surface area contributed by atoms with Gasteiger partial charge in [0.15, 0.2) is 11.6 Å². The van der Waals surface area contributed by atoms with E-state index >= 15 is 0 Å². The Morgan fingerprint density at radius 2 is 2.30 bits per heavy atom. The van der Waals surface area contributed by atoms with Crippen LogP contribution in [0.25, 0.3) is 0 Å². The molecule has 0 saturated carbocycles. The molecule has 0 aliphatic carbocycles. The molecule has 1 fully saturated rings. The van der Waals surface area contributed by atoms with E-state index in [-0.39, 0.29) is 23.8 Å². The third-order valence-corrected chi connectivity index (χ3v) is 3.68. The summed E-state index contributed by atoms with van der Waals surface area (Å²) >= 11 is 0. The number of ether oxygens (including phenoxy) is 2. The molecule has 124 valence electrons. The van der Waals surface area contributed by atoms with E-state index in [9.17, 15) is 4.79 Å². The van der Waals surface area contributed by atoms with E-state index < -0.39 is 0 Å². The number of aryl methyl sites for hydroxylation is 3. The molecule has 0 aromatic carbocycles. The maximum atomic E-state index is 12.3. The Kier molecular flexibility index (Phi) is 4.33. The zero-order chi connectivity index (χ0) is 16.4. The number of carbonyl (C=O) groups is 1. The first-order chi connectivity index (χ1) is 11.1. The largest absolute Gasteiger partial charge is 0.482 e. The minimum Gasteiger partial charge on any atom is -0.482 e. The molecule has 1 saturated heterocycles. The number of oxazole rings is 1. The first-order valence-corrected chi connectivity index (χ1v) is 7.58. The van der Waals surface area contributed by atoms with Gasteiger partial charge in [0.25, 0.3) is 5.91 Å². The van der Waals surface area contributed by atoms with Gasteiger partial charge in [-0.3, -0.25) is 9.48 Å². The maximum absolute atomic E-state index is 12.3. The Morgan fingerprint density at radius 3 is 2.96 bits per heavy atom. The van der Waals surface area contributed by atoms with Gasteiger partial charge in [-0.15, -0.1) is 0 Å². The van der Waals surface area contributed by atoms with Gasteiger partial charge in [0.05, 0.1) is 37.3 Å². The van der Waals surface area contributed by atoms with Gasteiger partial charge in [-0.05, 0) is 13.8 Å². The van der Waals surface area contributed by atoms with E-state index in [4.69, 9.17) is 13.9 Å². The van der Waals surface area contributed by atoms with Crippen LogP contribution in [0.5, 0.6) is 5.75 Å². The van der Waals surface area contributed by atoms with Crippen molar-refractivity contribution in [2.45, 2.75) is 39.5 Å². The van der Waals surface area contributed by atoms with Crippen LogP contribution in [0.15, 0.2) is 16.8 Å². The summed E-state index contributed by atoms with van der Waals surface area (Å²) in [5, 5.41) is 7.06. The van der Waals surface area contributed by atoms with E-state index in [1.807, 2.05) is 13.1 Å². The van der Waals surface area contributed by atoms with Crippen molar-refractivity contribution in [1.82, 2.24) is 20.1 Å². The summed E-state index contributed by atoms with van der Waals surface area (Å²) in [6.45, 7) is 7.03. The summed E-state index contributed by atoms with van der Waals surface area (Å²) in [5.41, 5.74) is 0.570. The highest BCUT2D eigenvalue weighted by atomic mass is 16.5. The molecular formula is C15H20N4O4. The molecule has 8 nitrogen and oxygen atoms in total. The molecule has 1 aliphatic heterocycles. The molecule has 0 radical (unpaired) electrons. The monoisotopic (exact) mass is 320 g/mol. The molecule has 8 heteroatoms. The van der Waals surface area contributed by atoms with Gasteiger partial charge in [-0.2, -0.15) is 5.10 Å². The lowest BCUT2D eigenvalue weighted by Crippen LogP contribution is -2.45. The highest BCUT2D eigenvalue weighted by Gasteiger charge is 2.33. The van der Waals surface area contributed by atoms with E-state index in [1.54, 1.807) is 24.7 Å². The van der Waals surface area contributed by atoms with Crippen molar-refractivity contribution >= 4 is 5.91 Å². The molecule has 1 N–H and O–H groups in total. The normalized spacial score (nSPS) is 20.7. The van der Waals surface area contributed by atoms with Crippen LogP contribution < -0.4 is 10.1 Å². The minimum absolute atomic E-state index is 0.229. The van der Waals surface area contributed by atoms with Crippen molar-refractivity contribution in [3.63, 3.8) is 0 Å². The Balaban J connectivity index is 1.64. The SMILES string of the molecule is CCn1cc(O[C@@H]2COC[C@@H]2NC(=O)c2oc(C)nc2C)cn1. The lowest BCUT2D eigenvalue weighted by atomic mass is 10.2. The van der Waals surface area contributed by atoms with Crippen molar-refractivity contribution < 1.29 is 18.7 Å². The second-order valence-corrected chi connectivity index (χ2v) is 5.45. The highest BCUT2D eigenvalue weighted by molar-refractivity contribution is 5.92. The third-order valence-electron chi connectivity index (χ3n) is 3.68. The van der Waals surface area contributed by atoms with Gasteiger partial charge >= 0.3 is 0 Å². The third kappa shape index (κ3) is 3.37. The van der Waals surface area contributed by atoms with Crippen molar-refractivity contribution in [1.29, 1.82) is 0 Å². The molecule has 23 heavy (non-hydrogen) atoms. The number of hydrogen-bond donors (Lipinski definition) is 1. The van der Waals surface area contributed by atoms with Crippen molar-refractivity contribution in [3.8, 4) is 5.75 Å². The van der Waals surface area contributed by atoms with Gasteiger partial charge in [0.1, 0.15) is 6.10 Å². The molecule has 1 amide bonds. The van der Waals surface area contributed by atoms with Crippen LogP contribution in [-0.2, 0) is 11.3 Å². The van der Waals surface area contributed by atoms with Crippen LogP contribution in [-0.4, -0.2) is 46.0 Å². The topological polar surface area (TPSA) is 91.4 Å². The fourth-order valence-corrected chi connectivity index (χ4v) is 2.51. The van der Waals surface area contributed by atoms with Gasteiger partial charge in [0, 0.05) is 13.5 Å². The highest BCUT2D eigenvalue weighted by Crippen LogP contribution is 2.17. The van der Waals surface area contributed by atoms with Crippen LogP contribution in [0.1, 0.15) is 29.1 Å². The van der Waals surface area contributed by atoms with Crippen molar-refractivity contribution in [2.24, 2.45) is 0 Å². The van der Waals surface area contributed by atoms with Crippen molar-refractivity contribution in [3.05, 3.63) is 29.7 Å². The minimum atomic E-state index is -0.309. The second kappa shape index (κ2) is 6.41. The Bertz CT molecular complexity index is 693. The summed E-state index contributed by atoms with van der Waals surface area (Å²) in [7, 11) is 0. The summed E-state index contributed by atoms with van der Waals surface area (Å²) < 4.78 is 18.4. The molecule has 1 aliphatic rings. The smallest absolute Gasteiger partial charge is 0.289 e. The van der Waals surface area contributed by atoms with Gasteiger partial charge < -0.3 is 19.2 Å². The molecular weight excluding hydrogens is 300 g/mol. The standard InChI is InChI=1S/C15H20N4O4/c1-4-19-6-11(5-16-19)23-13-8-21-7-12(13)18-15(20)14-9(2)17-10(3)22-14/h5-6,12-13H,4,7-8H2,1-3H3,(H,18,20)/t12-,13+/m0/s1. The fourth-order valence-electron chi connectivity index (χ4n) is 2.51. The van der Waals surface area contributed by atoms with Crippen molar-refractivity contribution in [2.75, 3.05) is 13.2 Å². The number of nitrogens with zero attached hydrogens (tertiary/aromatic N) is 3. The molecule has 2 atom stereocenters. The molecule has 3 heterocycles. The Morgan fingerprint density at radius 1 is 1.48 bits per heavy atom. The summed E-state index contributed by atoms with van der Waals surface area (Å²) in [5.74, 6) is 1.05. The summed E-state index contributed by atoms with van der Waals surface area (Å²) in [6, 6.07) is -0.253. The van der Waals surface area contributed by atoms with Crippen LogP contribution in [0.3, 0.4) is 0 Å². The van der Waals surface area contributed by atoms with E-state index in [2.05, 4.69) is 15.4 Å². The predicted octanol–water partition coefficient (Wildman–Crippen LogP) is 1.08. The van der Waals surface area contributed by atoms with Gasteiger partial charge in [0.2, 0.25) is 5.76 Å². The first-order valence-electron chi connectivity index (χ1n) is 7.58. The average Bonchev–Trinajstić information content (AvgIpc) is 3.21. The van der Waals surface area contributed by atoms with Crippen LogP contribution in [0.4, 0.5) is 0 Å². The molecule has 2 aromatic rings. The first kappa shape index (κ1) is 15.5. The van der Waals surface area contributed by atoms with E-state index in [0.717, 1.165) is 6.54 Å². The zero-order valence-electron chi connectivity index (χ0n) is 13.4. The lowest BCUT2D eigenvalue weighted by Gasteiger charge is -2.19. The summed E-state index contributed by atoms with van der Waals surface area (Å²) in [4.78, 5) is 16.4. The van der Waals surface area contributed by atoms with Gasteiger partial charge in [-0.1, -0.05) is 0 Å². The number of aromatic nitrogens is 3. The zero-order valence-corrected chi connectivity index (χ0v) is 13.4. The number of hydrogen-bond acceptors (Lipinski definition) is 6. The predicted molar refractivity (Wildman–Crippen MR) is 80.4 cm³/mol. The molecule has 0 bridgehead atoms. The van der Waals surface area contributed by atoms with E-state index in [1.165, 1.54) is 0 Å². The summed E-state index contributed by atoms with van der Waals surface area (Å²) in [6.07, 6.45) is 3.21. The Labute approximate surface area is 133 Å². The molecule has 0 unspecified atom stereocenters. The Hall–Kier alpha value is -2.35. The number of carbonyl (C=O) groups excluding carboxylic acids is 1. The fraction of sp³-hybridized carbons (Fsp3) is 0.533. The van der Waals surface area contributed by atoms with Crippen LogP contribution in [0.2, 0.25) is 0 Å². The van der Waals surface area contributed by atoms with Crippen LogP contribution in [0, 0.1) is 13.8 Å². The average molecular weight is 320 g/mol. The van der Waals surface area contributed by atoms with Gasteiger partial charge in [-0.25, -0.2) is 4.98 Å². The molecule has 2 aromatic heterocycles. The number of nitrogens with one attached hydrogen (secondary N) is 1. The lowest BCUT2D eigenvalue weighted by molar-refractivity contribution is 0.0874. The second-order valence-electron chi connectivity index (χ2n) is 5.45. The quantitative estimate of drug-likeness (QED) is 0.886. The van der Waals surface area contributed by atoms with Crippen LogP contribution >= 0.6 is 0 Å². The molecule has 0 spiro atoms. The number of amides is 1. The number of rotatable bonds is 5. The maximum Gasteiger partial charge on any atom is 0.289 e. The molecule has 3 rings (SSSR count). The van der Waals surface area contributed by atoms with E-state index in [0.29, 0.717) is 30.5 Å².